The number of benzene rings is 2. The lowest BCUT2D eigenvalue weighted by Crippen LogP contribution is -2.13. The van der Waals surface area contributed by atoms with Gasteiger partial charge in [0.05, 0.1) is 11.1 Å². The monoisotopic (exact) mass is 356 g/mol. The van der Waals surface area contributed by atoms with Gasteiger partial charge in [-0.25, -0.2) is 18.5 Å². The van der Waals surface area contributed by atoms with E-state index < -0.39 is 10.0 Å². The fraction of sp³-hybridized carbons (Fsp3) is 0.211. The third kappa shape index (κ3) is 3.81. The van der Waals surface area contributed by atoms with E-state index in [2.05, 4.69) is 4.98 Å². The summed E-state index contributed by atoms with van der Waals surface area (Å²) in [5, 5.41) is 5.38. The van der Waals surface area contributed by atoms with E-state index in [1.54, 1.807) is 24.4 Å². The van der Waals surface area contributed by atoms with E-state index in [1.165, 1.54) is 6.07 Å². The maximum absolute atomic E-state index is 11.9. The predicted octanol–water partition coefficient (Wildman–Crippen LogP) is 3.70. The smallest absolute Gasteiger partial charge is 0.238 e. The molecule has 0 aliphatic heterocycles. The highest BCUT2D eigenvalue weighted by atomic mass is 32.2. The zero-order valence-electron chi connectivity index (χ0n) is 14.1. The Morgan fingerprint density at radius 2 is 1.68 bits per heavy atom. The molecule has 0 saturated carbocycles. The number of aromatic nitrogens is 1. The fourth-order valence-electron chi connectivity index (χ4n) is 2.71. The van der Waals surface area contributed by atoms with Gasteiger partial charge < -0.3 is 4.42 Å². The first kappa shape index (κ1) is 17.4. The van der Waals surface area contributed by atoms with Crippen LogP contribution >= 0.6 is 0 Å². The maximum atomic E-state index is 11.9. The molecule has 0 fully saturated rings. The Kier molecular flexibility index (Phi) is 4.74. The molecule has 0 bridgehead atoms. The summed E-state index contributed by atoms with van der Waals surface area (Å²) < 4.78 is 29.6. The fourth-order valence-corrected chi connectivity index (χ4v) is 3.46. The Labute approximate surface area is 147 Å². The summed E-state index contributed by atoms with van der Waals surface area (Å²) in [5.41, 5.74) is 2.31. The highest BCUT2D eigenvalue weighted by Crippen LogP contribution is 2.30. The molecule has 2 aromatic carbocycles. The SMILES string of the molecule is CC(C)c1cnc(Cc2ccccc2-c2ccccc2S(N)(=O)=O)o1. The summed E-state index contributed by atoms with van der Waals surface area (Å²) in [6.45, 7) is 4.08. The summed E-state index contributed by atoms with van der Waals surface area (Å²) in [6.07, 6.45) is 2.21. The second-order valence-corrected chi connectivity index (χ2v) is 7.72. The van der Waals surface area contributed by atoms with Gasteiger partial charge in [-0.05, 0) is 17.2 Å². The highest BCUT2D eigenvalue weighted by Gasteiger charge is 2.17. The molecule has 1 heterocycles. The number of nitrogens with two attached hydrogens (primary N) is 1. The lowest BCUT2D eigenvalue weighted by molar-refractivity contribution is 0.447. The van der Waals surface area contributed by atoms with Gasteiger partial charge in [-0.1, -0.05) is 56.3 Å². The molecule has 2 N–H and O–H groups in total. The van der Waals surface area contributed by atoms with Crippen molar-refractivity contribution in [1.29, 1.82) is 0 Å². The van der Waals surface area contributed by atoms with Crippen molar-refractivity contribution in [1.82, 2.24) is 4.98 Å². The average Bonchev–Trinajstić information content (AvgIpc) is 3.03. The van der Waals surface area contributed by atoms with Crippen molar-refractivity contribution in [3.05, 3.63) is 71.9 Å². The van der Waals surface area contributed by atoms with Crippen LogP contribution < -0.4 is 5.14 Å². The van der Waals surface area contributed by atoms with Gasteiger partial charge in [0.15, 0.2) is 5.89 Å². The molecule has 1 aromatic heterocycles. The summed E-state index contributed by atoms with van der Waals surface area (Å²) >= 11 is 0. The van der Waals surface area contributed by atoms with Crippen molar-refractivity contribution in [3.8, 4) is 11.1 Å². The van der Waals surface area contributed by atoms with Gasteiger partial charge >= 0.3 is 0 Å². The van der Waals surface area contributed by atoms with Crippen molar-refractivity contribution in [2.75, 3.05) is 0 Å². The number of nitrogens with zero attached hydrogens (tertiary/aromatic N) is 1. The largest absolute Gasteiger partial charge is 0.445 e. The van der Waals surface area contributed by atoms with Crippen LogP contribution in [0.1, 0.15) is 37.0 Å². The molecule has 0 spiro atoms. The predicted molar refractivity (Wildman–Crippen MR) is 96.6 cm³/mol. The number of hydrogen-bond donors (Lipinski definition) is 1. The molecule has 0 atom stereocenters. The Bertz CT molecular complexity index is 991. The van der Waals surface area contributed by atoms with Gasteiger partial charge in [-0.2, -0.15) is 0 Å². The van der Waals surface area contributed by atoms with Crippen LogP contribution in [0.4, 0.5) is 0 Å². The quantitative estimate of drug-likeness (QED) is 0.755. The number of hydrogen-bond acceptors (Lipinski definition) is 4. The Morgan fingerprint density at radius 3 is 2.32 bits per heavy atom. The van der Waals surface area contributed by atoms with Gasteiger partial charge in [-0.3, -0.25) is 0 Å². The molecule has 0 radical (unpaired) electrons. The summed E-state index contributed by atoms with van der Waals surface area (Å²) in [4.78, 5) is 4.44. The molecule has 5 nitrogen and oxygen atoms in total. The van der Waals surface area contributed by atoms with E-state index in [1.807, 2.05) is 38.1 Å². The second-order valence-electron chi connectivity index (χ2n) is 6.19. The molecular weight excluding hydrogens is 336 g/mol. The first-order valence-electron chi connectivity index (χ1n) is 8.01. The van der Waals surface area contributed by atoms with E-state index in [9.17, 15) is 8.42 Å². The van der Waals surface area contributed by atoms with Crippen LogP contribution in [0, 0.1) is 0 Å². The number of sulfonamides is 1. The third-order valence-corrected chi connectivity index (χ3v) is 4.95. The zero-order chi connectivity index (χ0) is 18.0. The first-order valence-corrected chi connectivity index (χ1v) is 9.55. The Balaban J connectivity index is 2.05. The molecule has 6 heteroatoms. The van der Waals surface area contributed by atoms with Crippen molar-refractivity contribution in [3.63, 3.8) is 0 Å². The van der Waals surface area contributed by atoms with Gasteiger partial charge in [0.1, 0.15) is 5.76 Å². The maximum Gasteiger partial charge on any atom is 0.238 e. The summed E-state index contributed by atoms with van der Waals surface area (Å²) in [7, 11) is -3.82. The first-order chi connectivity index (χ1) is 11.9. The van der Waals surface area contributed by atoms with E-state index >= 15 is 0 Å². The zero-order valence-corrected chi connectivity index (χ0v) is 15.0. The molecule has 0 amide bonds. The minimum Gasteiger partial charge on any atom is -0.445 e. The minimum atomic E-state index is -3.82. The minimum absolute atomic E-state index is 0.109. The van der Waals surface area contributed by atoms with Gasteiger partial charge in [0.2, 0.25) is 10.0 Å². The molecule has 0 unspecified atom stereocenters. The van der Waals surface area contributed by atoms with E-state index in [4.69, 9.17) is 9.56 Å². The molecule has 130 valence electrons. The normalized spacial score (nSPS) is 11.8. The Morgan fingerprint density at radius 1 is 1.04 bits per heavy atom. The third-order valence-electron chi connectivity index (χ3n) is 3.98. The van der Waals surface area contributed by atoms with Crippen LogP contribution in [-0.4, -0.2) is 13.4 Å². The molecule has 0 aliphatic rings. The highest BCUT2D eigenvalue weighted by molar-refractivity contribution is 7.89. The molecule has 3 aromatic rings. The van der Waals surface area contributed by atoms with E-state index in [0.717, 1.165) is 16.9 Å². The molecular formula is C19H20N2O3S. The van der Waals surface area contributed by atoms with Gasteiger partial charge in [0.25, 0.3) is 0 Å². The number of primary sulfonamides is 1. The summed E-state index contributed by atoms with van der Waals surface area (Å²) in [5.74, 6) is 1.70. The standard InChI is InChI=1S/C19H20N2O3S/c1-13(2)17-12-21-19(24-17)11-14-7-3-4-8-15(14)16-9-5-6-10-18(16)25(20,22)23/h3-10,12-13H,11H2,1-2H3,(H2,20,22,23). The van der Waals surface area contributed by atoms with E-state index in [0.29, 0.717) is 17.9 Å². The number of rotatable bonds is 5. The van der Waals surface area contributed by atoms with E-state index in [-0.39, 0.29) is 10.8 Å². The van der Waals surface area contributed by atoms with Gasteiger partial charge in [-0.15, -0.1) is 0 Å². The molecule has 3 rings (SSSR count). The molecule has 0 saturated heterocycles. The van der Waals surface area contributed by atoms with Crippen LogP contribution in [0.5, 0.6) is 0 Å². The van der Waals surface area contributed by atoms with Gasteiger partial charge in [0, 0.05) is 17.9 Å². The van der Waals surface area contributed by atoms with Crippen molar-refractivity contribution < 1.29 is 12.8 Å². The van der Waals surface area contributed by atoms with Crippen LogP contribution in [0.25, 0.3) is 11.1 Å². The van der Waals surface area contributed by atoms with Crippen molar-refractivity contribution in [2.24, 2.45) is 5.14 Å². The summed E-state index contributed by atoms with van der Waals surface area (Å²) in [6, 6.07) is 14.3. The number of oxazole rings is 1. The second kappa shape index (κ2) is 6.82. The average molecular weight is 356 g/mol. The van der Waals surface area contributed by atoms with Crippen molar-refractivity contribution in [2.45, 2.75) is 31.1 Å². The van der Waals surface area contributed by atoms with Crippen molar-refractivity contribution >= 4 is 10.0 Å². The molecule has 0 aliphatic carbocycles. The van der Waals surface area contributed by atoms with Crippen LogP contribution in [0.15, 0.2) is 64.0 Å². The van der Waals surface area contributed by atoms with Crippen LogP contribution in [-0.2, 0) is 16.4 Å². The lowest BCUT2D eigenvalue weighted by atomic mass is 9.97. The topological polar surface area (TPSA) is 86.2 Å². The van der Waals surface area contributed by atoms with Crippen LogP contribution in [0.3, 0.4) is 0 Å². The lowest BCUT2D eigenvalue weighted by Gasteiger charge is -2.12. The Hall–Kier alpha value is -2.44. The van der Waals surface area contributed by atoms with Crippen LogP contribution in [0.2, 0.25) is 0 Å². The molecule has 25 heavy (non-hydrogen) atoms.